The highest BCUT2D eigenvalue weighted by Gasteiger charge is 2.10. The number of quaternary nitrogens is 2. The normalized spacial score (nSPS) is 11.7. The van der Waals surface area contributed by atoms with Crippen LogP contribution in [0.5, 0.6) is 0 Å². The Kier molecular flexibility index (Phi) is 29.7. The Labute approximate surface area is 262 Å². The lowest BCUT2D eigenvalue weighted by Crippen LogP contribution is -2.38. The summed E-state index contributed by atoms with van der Waals surface area (Å²) in [6.07, 6.45) is 28.4. The number of carbonyl (C=O) groups excluding carboxylic acids is 2. The van der Waals surface area contributed by atoms with Gasteiger partial charge in [-0.2, -0.15) is 0 Å². The molecule has 0 aromatic heterocycles. The van der Waals surface area contributed by atoms with E-state index in [9.17, 15) is 9.59 Å². The predicted molar refractivity (Wildman–Crippen MR) is 180 cm³/mol. The molecule has 0 N–H and O–H groups in total. The van der Waals surface area contributed by atoms with Gasteiger partial charge in [-0.15, -0.1) is 6.58 Å². The molecule has 6 nitrogen and oxygen atoms in total. The molecule has 0 heterocycles. The molecule has 0 atom stereocenters. The topological polar surface area (TPSA) is 52.6 Å². The van der Waals surface area contributed by atoms with E-state index in [1.807, 2.05) is 6.08 Å². The molecule has 0 aliphatic heterocycles. The molecule has 0 spiro atoms. The third kappa shape index (κ3) is 40.5. The molecule has 0 aromatic rings. The van der Waals surface area contributed by atoms with Crippen LogP contribution in [0.3, 0.4) is 0 Å². The first kappa shape index (κ1) is 42.5. The van der Waals surface area contributed by atoms with E-state index >= 15 is 0 Å². The molecule has 0 aliphatic carbocycles. The molecule has 0 radical (unpaired) electrons. The largest absolute Gasteiger partial charge is 0.460 e. The number of likely N-dealkylation sites (N-methyl/N-ethyl adjacent to an activating group) is 2. The highest BCUT2D eigenvalue weighted by molar-refractivity contribution is 5.69. The molecular weight excluding hydrogens is 524 g/mol. The minimum Gasteiger partial charge on any atom is -0.460 e. The summed E-state index contributed by atoms with van der Waals surface area (Å²) in [6.45, 7) is 8.76. The molecule has 0 aromatic carbocycles. The monoisotopic (exact) mass is 597 g/mol. The number of allylic oxidation sites excluding steroid dienone is 3. The zero-order valence-electron chi connectivity index (χ0n) is 29.2. The average Bonchev–Trinajstić information content (AvgIpc) is 2.89. The van der Waals surface area contributed by atoms with E-state index < -0.39 is 0 Å². The molecule has 0 aliphatic rings. The molecule has 0 unspecified atom stereocenters. The van der Waals surface area contributed by atoms with Crippen LogP contribution in [0.15, 0.2) is 24.8 Å². The van der Waals surface area contributed by atoms with Crippen LogP contribution >= 0.6 is 0 Å². The van der Waals surface area contributed by atoms with Gasteiger partial charge in [0, 0.05) is 12.8 Å². The molecule has 42 heavy (non-hydrogen) atoms. The maximum Gasteiger partial charge on any atom is 0.305 e. The van der Waals surface area contributed by atoms with Gasteiger partial charge in [0.2, 0.25) is 0 Å². The fourth-order valence-corrected chi connectivity index (χ4v) is 4.09. The van der Waals surface area contributed by atoms with Crippen LogP contribution in [0, 0.1) is 0 Å². The fourth-order valence-electron chi connectivity index (χ4n) is 4.09. The third-order valence-electron chi connectivity index (χ3n) is 6.98. The van der Waals surface area contributed by atoms with Crippen LogP contribution in [-0.2, 0) is 19.1 Å². The van der Waals surface area contributed by atoms with E-state index in [-0.39, 0.29) is 11.9 Å². The Hall–Kier alpha value is -1.66. The van der Waals surface area contributed by atoms with E-state index in [4.69, 9.17) is 9.47 Å². The van der Waals surface area contributed by atoms with Gasteiger partial charge >= 0.3 is 11.9 Å². The second-order valence-corrected chi connectivity index (χ2v) is 13.7. The Morgan fingerprint density at radius 2 is 0.905 bits per heavy atom. The standard InChI is InChI=1S/C21H42NO2.C15H30NO2/c1-5-6-7-8-9-10-11-12-13-14-15-16-17-18-21(23)24-20-19-22(2,3)4;1-5-6-7-8-9-10-11-12-15(17)18-14-13-16(2,3)4/h10-11H,5-9,12-20H2,1-4H3;5H,1,6-14H2,2-4H3/q2*+1. The Morgan fingerprint density at radius 1 is 0.548 bits per heavy atom. The first-order chi connectivity index (χ1) is 19.9. The maximum atomic E-state index is 11.6. The molecular formula is C36H72N2O4+2. The summed E-state index contributed by atoms with van der Waals surface area (Å²) in [5.41, 5.74) is 0. The second kappa shape index (κ2) is 29.4. The van der Waals surface area contributed by atoms with Gasteiger partial charge in [0.15, 0.2) is 0 Å². The van der Waals surface area contributed by atoms with E-state index in [2.05, 4.69) is 67.9 Å². The average molecular weight is 597 g/mol. The van der Waals surface area contributed by atoms with Crippen LogP contribution in [0.2, 0.25) is 0 Å². The van der Waals surface area contributed by atoms with E-state index in [0.717, 1.165) is 54.2 Å². The number of hydrogen-bond donors (Lipinski definition) is 0. The molecule has 0 rings (SSSR count). The lowest BCUT2D eigenvalue weighted by molar-refractivity contribution is -0.870. The van der Waals surface area contributed by atoms with E-state index in [1.54, 1.807) is 0 Å². The van der Waals surface area contributed by atoms with Gasteiger partial charge in [-0.25, -0.2) is 0 Å². The molecule has 0 saturated carbocycles. The summed E-state index contributed by atoms with van der Waals surface area (Å²) < 4.78 is 12.1. The van der Waals surface area contributed by atoms with Crippen molar-refractivity contribution in [3.05, 3.63) is 24.8 Å². The van der Waals surface area contributed by atoms with Crippen LogP contribution in [0.25, 0.3) is 0 Å². The molecule has 0 bridgehead atoms. The van der Waals surface area contributed by atoms with Crippen molar-refractivity contribution in [2.75, 3.05) is 68.6 Å². The molecule has 0 amide bonds. The fraction of sp³-hybridized carbons (Fsp3) is 0.833. The van der Waals surface area contributed by atoms with E-state index in [0.29, 0.717) is 26.1 Å². The summed E-state index contributed by atoms with van der Waals surface area (Å²) in [5.74, 6) is -0.0796. The lowest BCUT2D eigenvalue weighted by atomic mass is 10.1. The van der Waals surface area contributed by atoms with Crippen LogP contribution in [0.4, 0.5) is 0 Å². The molecule has 0 fully saturated rings. The first-order valence-corrected chi connectivity index (χ1v) is 17.1. The van der Waals surface area contributed by atoms with Crippen LogP contribution in [-0.4, -0.2) is 89.5 Å². The van der Waals surface area contributed by atoms with Gasteiger partial charge in [-0.1, -0.05) is 82.9 Å². The van der Waals surface area contributed by atoms with Gasteiger partial charge in [0.1, 0.15) is 26.3 Å². The number of ether oxygens (including phenoxy) is 2. The first-order valence-electron chi connectivity index (χ1n) is 17.1. The van der Waals surface area contributed by atoms with Crippen LogP contribution in [0.1, 0.15) is 129 Å². The van der Waals surface area contributed by atoms with Crippen molar-refractivity contribution in [3.8, 4) is 0 Å². The van der Waals surface area contributed by atoms with Crippen molar-refractivity contribution < 1.29 is 28.0 Å². The summed E-state index contributed by atoms with van der Waals surface area (Å²) in [7, 11) is 12.6. The lowest BCUT2D eigenvalue weighted by Gasteiger charge is -2.23. The summed E-state index contributed by atoms with van der Waals surface area (Å²) in [4.78, 5) is 23.0. The van der Waals surface area contributed by atoms with E-state index in [1.165, 1.54) is 77.0 Å². The zero-order valence-corrected chi connectivity index (χ0v) is 29.2. The number of hydrogen-bond acceptors (Lipinski definition) is 4. The Bertz CT molecular complexity index is 662. The van der Waals surface area contributed by atoms with Crippen molar-refractivity contribution in [1.82, 2.24) is 0 Å². The van der Waals surface area contributed by atoms with Gasteiger partial charge in [0.25, 0.3) is 0 Å². The quantitative estimate of drug-likeness (QED) is 0.0412. The van der Waals surface area contributed by atoms with Crippen LogP contribution < -0.4 is 0 Å². The van der Waals surface area contributed by atoms with Gasteiger partial charge in [-0.05, 0) is 51.4 Å². The minimum absolute atomic E-state index is 0.0329. The summed E-state index contributed by atoms with van der Waals surface area (Å²) >= 11 is 0. The third-order valence-corrected chi connectivity index (χ3v) is 6.98. The van der Waals surface area contributed by atoms with Crippen molar-refractivity contribution in [2.45, 2.75) is 129 Å². The summed E-state index contributed by atoms with van der Waals surface area (Å²) in [6, 6.07) is 0. The number of rotatable bonds is 27. The Morgan fingerprint density at radius 3 is 1.29 bits per heavy atom. The number of nitrogens with zero attached hydrogens (tertiary/aromatic N) is 2. The second-order valence-electron chi connectivity index (χ2n) is 13.7. The van der Waals surface area contributed by atoms with Gasteiger partial charge in [-0.3, -0.25) is 9.59 Å². The molecule has 0 saturated heterocycles. The van der Waals surface area contributed by atoms with Crippen molar-refractivity contribution >= 4 is 11.9 Å². The van der Waals surface area contributed by atoms with Crippen molar-refractivity contribution in [3.63, 3.8) is 0 Å². The summed E-state index contributed by atoms with van der Waals surface area (Å²) in [5, 5.41) is 0. The predicted octanol–water partition coefficient (Wildman–Crippen LogP) is 8.65. The minimum atomic E-state index is -0.0467. The Balaban J connectivity index is 0. The number of unbranched alkanes of at least 4 members (excludes halogenated alkanes) is 14. The highest BCUT2D eigenvalue weighted by Crippen LogP contribution is 2.10. The van der Waals surface area contributed by atoms with Crippen molar-refractivity contribution in [2.24, 2.45) is 0 Å². The highest BCUT2D eigenvalue weighted by atomic mass is 16.5. The number of esters is 2. The SMILES string of the molecule is C=CCCCCCCCC(=O)OCC[N+](C)(C)C.CCCCCCC=CCCCCCCCC(=O)OCC[N+](C)(C)C. The van der Waals surface area contributed by atoms with Gasteiger partial charge < -0.3 is 18.4 Å². The molecule has 248 valence electrons. The smallest absolute Gasteiger partial charge is 0.305 e. The van der Waals surface area contributed by atoms with Crippen molar-refractivity contribution in [1.29, 1.82) is 0 Å². The molecule has 6 heteroatoms. The zero-order chi connectivity index (χ0) is 32.0. The number of carbonyl (C=O) groups is 2. The maximum absolute atomic E-state index is 11.6. The van der Waals surface area contributed by atoms with Gasteiger partial charge in [0.05, 0.1) is 42.3 Å².